The second-order valence-electron chi connectivity index (χ2n) is 5.91. The van der Waals surface area contributed by atoms with Crippen molar-refractivity contribution in [2.45, 2.75) is 25.8 Å². The summed E-state index contributed by atoms with van der Waals surface area (Å²) in [5.41, 5.74) is 3.75. The predicted molar refractivity (Wildman–Crippen MR) is 82.8 cm³/mol. The molecule has 1 aliphatic heterocycles. The maximum atomic E-state index is 13.5. The molecule has 2 aliphatic rings. The summed E-state index contributed by atoms with van der Waals surface area (Å²) in [6.07, 6.45) is 3.97. The van der Waals surface area contributed by atoms with Crippen LogP contribution in [-0.4, -0.2) is 31.2 Å². The van der Waals surface area contributed by atoms with Gasteiger partial charge in [-0.15, -0.1) is 0 Å². The highest BCUT2D eigenvalue weighted by Gasteiger charge is 2.18. The fraction of sp³-hybridized carbons (Fsp3) is 0.444. The van der Waals surface area contributed by atoms with Gasteiger partial charge in [-0.3, -0.25) is 4.90 Å². The van der Waals surface area contributed by atoms with Crippen LogP contribution in [0.15, 0.2) is 47.8 Å². The minimum atomic E-state index is -0.0250. The molecule has 0 amide bonds. The first-order valence-electron chi connectivity index (χ1n) is 7.64. The number of benzene rings is 1. The normalized spacial score (nSPS) is 23.6. The van der Waals surface area contributed by atoms with Crippen molar-refractivity contribution in [2.24, 2.45) is 0 Å². The van der Waals surface area contributed by atoms with E-state index in [0.29, 0.717) is 6.42 Å². The number of rotatable bonds is 3. The Kier molecular flexibility index (Phi) is 4.51. The van der Waals surface area contributed by atoms with E-state index >= 15 is 0 Å². The molecule has 1 fully saturated rings. The Labute approximate surface area is 125 Å². The van der Waals surface area contributed by atoms with Gasteiger partial charge < -0.3 is 4.74 Å². The first kappa shape index (κ1) is 14.5. The zero-order valence-electron chi connectivity index (χ0n) is 12.5. The number of halogens is 1. The second-order valence-corrected chi connectivity index (χ2v) is 5.91. The second kappa shape index (κ2) is 6.54. The van der Waals surface area contributed by atoms with E-state index in [1.807, 2.05) is 6.08 Å². The molecule has 3 rings (SSSR count). The zero-order chi connectivity index (χ0) is 14.7. The molecule has 112 valence electrons. The number of hydrogen-bond donors (Lipinski definition) is 0. The molecule has 1 aliphatic carbocycles. The lowest BCUT2D eigenvalue weighted by Gasteiger charge is -2.27. The first-order valence-corrected chi connectivity index (χ1v) is 7.64. The van der Waals surface area contributed by atoms with Crippen LogP contribution in [0.4, 0.5) is 4.39 Å². The average molecular weight is 287 g/mol. The van der Waals surface area contributed by atoms with Crippen LogP contribution in [-0.2, 0) is 11.3 Å². The Bertz CT molecular complexity index is 541. The number of allylic oxidation sites excluding steroid dienone is 4. The molecule has 1 unspecified atom stereocenters. The molecule has 1 atom stereocenters. The zero-order valence-corrected chi connectivity index (χ0v) is 12.5. The molecule has 0 spiro atoms. The van der Waals surface area contributed by atoms with Gasteiger partial charge in [0.1, 0.15) is 5.83 Å². The third kappa shape index (κ3) is 3.60. The van der Waals surface area contributed by atoms with Gasteiger partial charge in [-0.2, -0.15) is 0 Å². The Balaban J connectivity index is 1.66. The Hall–Kier alpha value is -1.45. The minimum absolute atomic E-state index is 0.0250. The molecule has 0 radical (unpaired) electrons. The van der Waals surface area contributed by atoms with Crippen molar-refractivity contribution in [3.8, 4) is 0 Å². The van der Waals surface area contributed by atoms with Crippen LogP contribution in [0.3, 0.4) is 0 Å². The summed E-state index contributed by atoms with van der Waals surface area (Å²) in [6, 6.07) is 8.65. The number of hydrogen-bond acceptors (Lipinski definition) is 2. The standard InChI is InChI=1S/C18H22FNO/c1-14-2-7-17(19)12-18(14)16-5-3-15(4-6-16)13-20-8-10-21-11-9-20/h2-7,18H,8-13H2,1H3. The Morgan fingerprint density at radius 3 is 2.57 bits per heavy atom. The van der Waals surface area contributed by atoms with Crippen molar-refractivity contribution in [3.63, 3.8) is 0 Å². The number of morpholine rings is 1. The largest absolute Gasteiger partial charge is 0.379 e. The van der Waals surface area contributed by atoms with Crippen LogP contribution in [0.5, 0.6) is 0 Å². The van der Waals surface area contributed by atoms with Crippen molar-refractivity contribution in [3.05, 3.63) is 58.9 Å². The summed E-state index contributed by atoms with van der Waals surface area (Å²) >= 11 is 0. The van der Waals surface area contributed by atoms with Gasteiger partial charge in [0.2, 0.25) is 0 Å². The van der Waals surface area contributed by atoms with Crippen molar-refractivity contribution in [2.75, 3.05) is 26.3 Å². The van der Waals surface area contributed by atoms with Crippen LogP contribution < -0.4 is 0 Å². The van der Waals surface area contributed by atoms with Gasteiger partial charge in [0.05, 0.1) is 13.2 Å². The number of nitrogens with zero attached hydrogens (tertiary/aromatic N) is 1. The van der Waals surface area contributed by atoms with Gasteiger partial charge in [0.25, 0.3) is 0 Å². The van der Waals surface area contributed by atoms with Gasteiger partial charge in [-0.25, -0.2) is 4.39 Å². The van der Waals surface area contributed by atoms with Crippen LogP contribution in [0, 0.1) is 0 Å². The summed E-state index contributed by atoms with van der Waals surface area (Å²) < 4.78 is 18.8. The Morgan fingerprint density at radius 1 is 1.14 bits per heavy atom. The fourth-order valence-corrected chi connectivity index (χ4v) is 3.02. The van der Waals surface area contributed by atoms with E-state index < -0.39 is 0 Å². The summed E-state index contributed by atoms with van der Waals surface area (Å²) in [6.45, 7) is 6.71. The molecule has 2 nitrogen and oxygen atoms in total. The van der Waals surface area contributed by atoms with Gasteiger partial charge in [0, 0.05) is 32.0 Å². The fourth-order valence-electron chi connectivity index (χ4n) is 3.02. The third-order valence-electron chi connectivity index (χ3n) is 4.37. The molecule has 1 saturated heterocycles. The summed E-state index contributed by atoms with van der Waals surface area (Å²) in [5, 5.41) is 0. The molecule has 1 aromatic rings. The van der Waals surface area contributed by atoms with E-state index in [2.05, 4.69) is 36.1 Å². The van der Waals surface area contributed by atoms with Gasteiger partial charge in [-0.1, -0.05) is 35.9 Å². The molecule has 0 aromatic heterocycles. The molecule has 0 bridgehead atoms. The van der Waals surface area contributed by atoms with Gasteiger partial charge >= 0.3 is 0 Å². The van der Waals surface area contributed by atoms with Crippen LogP contribution in [0.25, 0.3) is 0 Å². The molecular weight excluding hydrogens is 265 g/mol. The maximum absolute atomic E-state index is 13.5. The van der Waals surface area contributed by atoms with E-state index in [0.717, 1.165) is 32.8 Å². The molecule has 1 heterocycles. The number of ether oxygens (including phenoxy) is 1. The lowest BCUT2D eigenvalue weighted by molar-refractivity contribution is 0.0342. The van der Waals surface area contributed by atoms with E-state index in [4.69, 9.17) is 4.74 Å². The minimum Gasteiger partial charge on any atom is -0.379 e. The van der Waals surface area contributed by atoms with Crippen molar-refractivity contribution < 1.29 is 9.13 Å². The highest BCUT2D eigenvalue weighted by Crippen LogP contribution is 2.34. The third-order valence-corrected chi connectivity index (χ3v) is 4.37. The van der Waals surface area contributed by atoms with E-state index in [1.54, 1.807) is 6.08 Å². The summed E-state index contributed by atoms with van der Waals surface area (Å²) in [5.74, 6) is 0.162. The van der Waals surface area contributed by atoms with Crippen molar-refractivity contribution in [1.82, 2.24) is 4.90 Å². The molecule has 21 heavy (non-hydrogen) atoms. The summed E-state index contributed by atoms with van der Waals surface area (Å²) in [4.78, 5) is 2.41. The maximum Gasteiger partial charge on any atom is 0.101 e. The molecular formula is C18H22FNO. The molecule has 0 saturated carbocycles. The smallest absolute Gasteiger partial charge is 0.101 e. The first-order chi connectivity index (χ1) is 10.2. The van der Waals surface area contributed by atoms with E-state index in [9.17, 15) is 4.39 Å². The lowest BCUT2D eigenvalue weighted by Crippen LogP contribution is -2.35. The van der Waals surface area contributed by atoms with E-state index in [-0.39, 0.29) is 11.7 Å². The topological polar surface area (TPSA) is 12.5 Å². The van der Waals surface area contributed by atoms with Gasteiger partial charge in [0.15, 0.2) is 0 Å². The molecule has 3 heteroatoms. The van der Waals surface area contributed by atoms with Crippen LogP contribution in [0.1, 0.15) is 30.4 Å². The Morgan fingerprint density at radius 2 is 1.86 bits per heavy atom. The van der Waals surface area contributed by atoms with Crippen molar-refractivity contribution >= 4 is 0 Å². The highest BCUT2D eigenvalue weighted by atomic mass is 19.1. The van der Waals surface area contributed by atoms with Crippen molar-refractivity contribution in [1.29, 1.82) is 0 Å². The average Bonchev–Trinajstić information content (AvgIpc) is 2.52. The van der Waals surface area contributed by atoms with Crippen LogP contribution >= 0.6 is 0 Å². The monoisotopic (exact) mass is 287 g/mol. The predicted octanol–water partition coefficient (Wildman–Crippen LogP) is 3.81. The quantitative estimate of drug-likeness (QED) is 0.838. The lowest BCUT2D eigenvalue weighted by atomic mass is 9.85. The van der Waals surface area contributed by atoms with Gasteiger partial charge in [-0.05, 0) is 24.1 Å². The van der Waals surface area contributed by atoms with E-state index in [1.165, 1.54) is 16.7 Å². The van der Waals surface area contributed by atoms with Crippen LogP contribution in [0.2, 0.25) is 0 Å². The SMILES string of the molecule is CC1=CC=C(F)CC1c1ccc(CN2CCOCC2)cc1. The molecule has 0 N–H and O–H groups in total. The molecule has 1 aromatic carbocycles. The summed E-state index contributed by atoms with van der Waals surface area (Å²) in [7, 11) is 0. The highest BCUT2D eigenvalue weighted by molar-refractivity contribution is 5.36.